The van der Waals surface area contributed by atoms with Gasteiger partial charge in [0.25, 0.3) is 0 Å². The quantitative estimate of drug-likeness (QED) is 0.789. The van der Waals surface area contributed by atoms with Gasteiger partial charge in [0, 0.05) is 24.5 Å². The van der Waals surface area contributed by atoms with Crippen LogP contribution in [-0.4, -0.2) is 27.1 Å². The molecule has 0 atom stereocenters. The van der Waals surface area contributed by atoms with Gasteiger partial charge in [0.2, 0.25) is 10.0 Å². The van der Waals surface area contributed by atoms with Crippen molar-refractivity contribution in [3.05, 3.63) is 18.0 Å². The van der Waals surface area contributed by atoms with Crippen LogP contribution in [-0.2, 0) is 16.6 Å². The summed E-state index contributed by atoms with van der Waals surface area (Å²) >= 11 is 0. The number of aromatic nitrogens is 1. The zero-order chi connectivity index (χ0) is 11.8. The molecular weight excluding hydrogens is 226 g/mol. The SMILES string of the molecule is CNCc1cc(S(=O)(=O)NC)cn1C1CC1. The predicted molar refractivity (Wildman–Crippen MR) is 61.7 cm³/mol. The Morgan fingerprint density at radius 2 is 2.12 bits per heavy atom. The Hall–Kier alpha value is -0.850. The van der Waals surface area contributed by atoms with E-state index in [0.29, 0.717) is 17.5 Å². The minimum absolute atomic E-state index is 0.354. The normalized spacial score (nSPS) is 16.6. The Morgan fingerprint density at radius 3 is 2.62 bits per heavy atom. The van der Waals surface area contributed by atoms with Gasteiger partial charge in [0.05, 0.1) is 4.90 Å². The van der Waals surface area contributed by atoms with Crippen LogP contribution < -0.4 is 10.0 Å². The summed E-state index contributed by atoms with van der Waals surface area (Å²) in [6.07, 6.45) is 4.02. The Kier molecular flexibility index (Phi) is 3.05. The first kappa shape index (κ1) is 11.6. The van der Waals surface area contributed by atoms with Crippen molar-refractivity contribution in [3.63, 3.8) is 0 Å². The van der Waals surface area contributed by atoms with E-state index >= 15 is 0 Å². The van der Waals surface area contributed by atoms with Crippen molar-refractivity contribution >= 4 is 10.0 Å². The van der Waals surface area contributed by atoms with E-state index in [1.807, 2.05) is 7.05 Å². The largest absolute Gasteiger partial charge is 0.346 e. The number of hydrogen-bond donors (Lipinski definition) is 2. The van der Waals surface area contributed by atoms with Gasteiger partial charge in [-0.1, -0.05) is 0 Å². The first-order valence-electron chi connectivity index (χ1n) is 5.37. The molecule has 1 saturated carbocycles. The molecular formula is C10H17N3O2S. The molecule has 0 amide bonds. The molecule has 0 saturated heterocycles. The van der Waals surface area contributed by atoms with Crippen molar-refractivity contribution in [2.24, 2.45) is 0 Å². The summed E-state index contributed by atoms with van der Waals surface area (Å²) in [6.45, 7) is 0.690. The van der Waals surface area contributed by atoms with Gasteiger partial charge in [0.15, 0.2) is 0 Å². The van der Waals surface area contributed by atoms with Gasteiger partial charge in [-0.05, 0) is 33.0 Å². The lowest BCUT2D eigenvalue weighted by Gasteiger charge is -2.05. The third-order valence-corrected chi connectivity index (χ3v) is 4.17. The fourth-order valence-electron chi connectivity index (χ4n) is 1.78. The molecule has 16 heavy (non-hydrogen) atoms. The summed E-state index contributed by atoms with van der Waals surface area (Å²) < 4.78 is 27.7. The number of nitrogens with zero attached hydrogens (tertiary/aromatic N) is 1. The van der Waals surface area contributed by atoms with Crippen molar-refractivity contribution in [2.45, 2.75) is 30.3 Å². The van der Waals surface area contributed by atoms with Gasteiger partial charge in [-0.3, -0.25) is 0 Å². The van der Waals surface area contributed by atoms with Gasteiger partial charge in [0.1, 0.15) is 0 Å². The second kappa shape index (κ2) is 4.20. The van der Waals surface area contributed by atoms with E-state index < -0.39 is 10.0 Å². The minimum atomic E-state index is -3.32. The van der Waals surface area contributed by atoms with E-state index in [0.717, 1.165) is 18.5 Å². The molecule has 1 aromatic heterocycles. The maximum atomic E-state index is 11.7. The summed E-state index contributed by atoms with van der Waals surface area (Å²) in [4.78, 5) is 0.354. The van der Waals surface area contributed by atoms with Crippen LogP contribution in [0.2, 0.25) is 0 Å². The fraction of sp³-hybridized carbons (Fsp3) is 0.600. The van der Waals surface area contributed by atoms with Crippen LogP contribution in [0.5, 0.6) is 0 Å². The van der Waals surface area contributed by atoms with Crippen LogP contribution in [0.1, 0.15) is 24.6 Å². The molecule has 0 spiro atoms. The Balaban J connectivity index is 2.38. The number of rotatable bonds is 5. The minimum Gasteiger partial charge on any atom is -0.346 e. The molecule has 5 nitrogen and oxygen atoms in total. The van der Waals surface area contributed by atoms with Gasteiger partial charge < -0.3 is 9.88 Å². The summed E-state index contributed by atoms with van der Waals surface area (Å²) in [5.41, 5.74) is 1.03. The fourth-order valence-corrected chi connectivity index (χ4v) is 2.56. The van der Waals surface area contributed by atoms with Crippen LogP contribution in [0, 0.1) is 0 Å². The first-order valence-corrected chi connectivity index (χ1v) is 6.85. The van der Waals surface area contributed by atoms with E-state index in [-0.39, 0.29) is 0 Å². The molecule has 0 aliphatic heterocycles. The molecule has 90 valence electrons. The third-order valence-electron chi connectivity index (χ3n) is 2.78. The standard InChI is InChI=1S/C10H17N3O2S/c1-11-6-9-5-10(16(14,15)12-2)7-13(9)8-3-4-8/h5,7-8,11-12H,3-4,6H2,1-2H3. The maximum Gasteiger partial charge on any atom is 0.241 e. The molecule has 2 N–H and O–H groups in total. The van der Waals surface area contributed by atoms with Crippen molar-refractivity contribution < 1.29 is 8.42 Å². The van der Waals surface area contributed by atoms with Crippen molar-refractivity contribution in [3.8, 4) is 0 Å². The third kappa shape index (κ3) is 2.14. The van der Waals surface area contributed by atoms with Crippen LogP contribution in [0.15, 0.2) is 17.2 Å². The van der Waals surface area contributed by atoms with Crippen molar-refractivity contribution in [1.82, 2.24) is 14.6 Å². The summed E-state index contributed by atoms with van der Waals surface area (Å²) in [5.74, 6) is 0. The molecule has 0 unspecified atom stereocenters. The van der Waals surface area contributed by atoms with Gasteiger partial charge in [-0.25, -0.2) is 13.1 Å². The highest BCUT2D eigenvalue weighted by atomic mass is 32.2. The topological polar surface area (TPSA) is 63.1 Å². The number of sulfonamides is 1. The van der Waals surface area contributed by atoms with Crippen LogP contribution >= 0.6 is 0 Å². The summed E-state index contributed by atoms with van der Waals surface area (Å²) in [7, 11) is -0.0328. The van der Waals surface area contributed by atoms with Gasteiger partial charge in [-0.2, -0.15) is 0 Å². The molecule has 0 aromatic carbocycles. The Labute approximate surface area is 95.9 Å². The number of hydrogen-bond acceptors (Lipinski definition) is 3. The van der Waals surface area contributed by atoms with E-state index in [1.165, 1.54) is 7.05 Å². The molecule has 6 heteroatoms. The molecule has 1 heterocycles. The number of nitrogens with one attached hydrogen (secondary N) is 2. The average Bonchev–Trinajstić information content (AvgIpc) is 3.01. The van der Waals surface area contributed by atoms with E-state index in [9.17, 15) is 8.42 Å². The Bertz CT molecular complexity index is 474. The van der Waals surface area contributed by atoms with E-state index in [1.54, 1.807) is 12.3 Å². The Morgan fingerprint density at radius 1 is 1.44 bits per heavy atom. The molecule has 1 fully saturated rings. The van der Waals surface area contributed by atoms with E-state index in [2.05, 4.69) is 14.6 Å². The van der Waals surface area contributed by atoms with Gasteiger partial charge in [-0.15, -0.1) is 0 Å². The van der Waals surface area contributed by atoms with Crippen LogP contribution in [0.25, 0.3) is 0 Å². The highest BCUT2D eigenvalue weighted by Gasteiger charge is 2.27. The second-order valence-corrected chi connectivity index (χ2v) is 5.93. The van der Waals surface area contributed by atoms with Gasteiger partial charge >= 0.3 is 0 Å². The smallest absolute Gasteiger partial charge is 0.241 e. The highest BCUT2D eigenvalue weighted by Crippen LogP contribution is 2.37. The first-order chi connectivity index (χ1) is 7.58. The average molecular weight is 243 g/mol. The van der Waals surface area contributed by atoms with Crippen molar-refractivity contribution in [2.75, 3.05) is 14.1 Å². The van der Waals surface area contributed by atoms with E-state index in [4.69, 9.17) is 0 Å². The molecule has 0 radical (unpaired) electrons. The summed E-state index contributed by atoms with van der Waals surface area (Å²) in [6, 6.07) is 2.23. The molecule has 2 rings (SSSR count). The zero-order valence-electron chi connectivity index (χ0n) is 9.53. The lowest BCUT2D eigenvalue weighted by molar-refractivity contribution is 0.587. The second-order valence-electron chi connectivity index (χ2n) is 4.04. The molecule has 1 aliphatic rings. The van der Waals surface area contributed by atoms with Crippen molar-refractivity contribution in [1.29, 1.82) is 0 Å². The zero-order valence-corrected chi connectivity index (χ0v) is 10.3. The van der Waals surface area contributed by atoms with Crippen LogP contribution in [0.4, 0.5) is 0 Å². The lowest BCUT2D eigenvalue weighted by atomic mass is 10.4. The predicted octanol–water partition coefficient (Wildman–Crippen LogP) is 0.450. The molecule has 1 aliphatic carbocycles. The lowest BCUT2D eigenvalue weighted by Crippen LogP contribution is -2.17. The maximum absolute atomic E-state index is 11.7. The molecule has 0 bridgehead atoms. The molecule has 1 aromatic rings. The van der Waals surface area contributed by atoms with Crippen LogP contribution in [0.3, 0.4) is 0 Å². The highest BCUT2D eigenvalue weighted by molar-refractivity contribution is 7.89. The summed E-state index contributed by atoms with van der Waals surface area (Å²) in [5, 5.41) is 3.05. The monoisotopic (exact) mass is 243 g/mol.